The molecule has 3 aromatic rings. The summed E-state index contributed by atoms with van der Waals surface area (Å²) < 4.78 is 35.1. The fourth-order valence-corrected chi connectivity index (χ4v) is 7.18. The zero-order chi connectivity index (χ0) is 31.9. The number of amides is 2. The number of carbonyl (C=O) groups excluding carboxylic acids is 2. The molecule has 1 saturated carbocycles. The lowest BCUT2D eigenvalue weighted by Crippen LogP contribution is -2.53. The molecule has 1 fully saturated rings. The first kappa shape index (κ1) is 33.9. The highest BCUT2D eigenvalue weighted by molar-refractivity contribution is 7.92. The standard InChI is InChI=1S/C32H36Cl3N3O5S/c1-3-28(32(40)36-24-9-5-6-10-24)37(20-22-13-18-26(34)27(35)19-22)31(39)21-38(29-11-7-8-12-30(29)43-4-2)44(41,42)25-16-14-23(33)15-17-25/h7-8,11-19,24,28H,3-6,9-10,20-21H2,1-2H3,(H,36,40)/t28-/m0/s1. The van der Waals surface area contributed by atoms with Crippen LogP contribution in [0.15, 0.2) is 71.6 Å². The van der Waals surface area contributed by atoms with Crippen LogP contribution in [-0.4, -0.2) is 50.4 Å². The average molecular weight is 681 g/mol. The predicted molar refractivity (Wildman–Crippen MR) is 175 cm³/mol. The Morgan fingerprint density at radius 1 is 0.955 bits per heavy atom. The monoisotopic (exact) mass is 679 g/mol. The third-order valence-electron chi connectivity index (χ3n) is 7.54. The van der Waals surface area contributed by atoms with Crippen LogP contribution in [0.3, 0.4) is 0 Å². The van der Waals surface area contributed by atoms with Gasteiger partial charge in [0.1, 0.15) is 18.3 Å². The molecule has 0 bridgehead atoms. The Bertz CT molecular complexity index is 1560. The van der Waals surface area contributed by atoms with Gasteiger partial charge in [-0.3, -0.25) is 13.9 Å². The van der Waals surface area contributed by atoms with Crippen LogP contribution in [0, 0.1) is 0 Å². The van der Waals surface area contributed by atoms with Crippen molar-refractivity contribution in [2.24, 2.45) is 0 Å². The molecule has 12 heteroatoms. The molecular formula is C32H36Cl3N3O5S. The number of ether oxygens (including phenoxy) is 1. The molecule has 3 aromatic carbocycles. The van der Waals surface area contributed by atoms with E-state index in [2.05, 4.69) is 5.32 Å². The molecule has 1 N–H and O–H groups in total. The first-order valence-corrected chi connectivity index (χ1v) is 17.2. The van der Waals surface area contributed by atoms with E-state index in [4.69, 9.17) is 39.5 Å². The molecule has 0 aliphatic heterocycles. The van der Waals surface area contributed by atoms with Crippen molar-refractivity contribution in [2.75, 3.05) is 17.5 Å². The zero-order valence-electron chi connectivity index (χ0n) is 24.6. The third-order valence-corrected chi connectivity index (χ3v) is 10.3. The van der Waals surface area contributed by atoms with Gasteiger partial charge in [0.25, 0.3) is 10.0 Å². The van der Waals surface area contributed by atoms with Gasteiger partial charge in [-0.05, 0) is 80.3 Å². The van der Waals surface area contributed by atoms with Gasteiger partial charge < -0.3 is 15.0 Å². The van der Waals surface area contributed by atoms with Crippen LogP contribution in [0.4, 0.5) is 5.69 Å². The molecule has 236 valence electrons. The molecule has 0 heterocycles. The van der Waals surface area contributed by atoms with E-state index in [1.807, 2.05) is 6.92 Å². The van der Waals surface area contributed by atoms with Crippen LogP contribution < -0.4 is 14.4 Å². The summed E-state index contributed by atoms with van der Waals surface area (Å²) in [5.74, 6) is -0.564. The summed E-state index contributed by atoms with van der Waals surface area (Å²) >= 11 is 18.5. The molecule has 0 spiro atoms. The Balaban J connectivity index is 1.76. The molecule has 0 radical (unpaired) electrons. The van der Waals surface area contributed by atoms with Gasteiger partial charge in [-0.25, -0.2) is 8.42 Å². The van der Waals surface area contributed by atoms with Crippen LogP contribution in [-0.2, 0) is 26.2 Å². The second-order valence-corrected chi connectivity index (χ2v) is 13.7. The van der Waals surface area contributed by atoms with Gasteiger partial charge in [0.15, 0.2) is 0 Å². The normalized spacial score (nSPS) is 14.2. The van der Waals surface area contributed by atoms with Crippen LogP contribution in [0.1, 0.15) is 51.5 Å². The third kappa shape index (κ3) is 8.18. The molecule has 2 amide bonds. The molecule has 8 nitrogen and oxygen atoms in total. The molecular weight excluding hydrogens is 645 g/mol. The van der Waals surface area contributed by atoms with Gasteiger partial charge >= 0.3 is 0 Å². The highest BCUT2D eigenvalue weighted by atomic mass is 35.5. The van der Waals surface area contributed by atoms with Crippen molar-refractivity contribution in [1.82, 2.24) is 10.2 Å². The number of para-hydroxylation sites is 2. The first-order chi connectivity index (χ1) is 21.0. The molecule has 1 aliphatic carbocycles. The lowest BCUT2D eigenvalue weighted by molar-refractivity contribution is -0.140. The number of benzene rings is 3. The minimum Gasteiger partial charge on any atom is -0.492 e. The maximum Gasteiger partial charge on any atom is 0.264 e. The van der Waals surface area contributed by atoms with E-state index in [1.165, 1.54) is 29.2 Å². The summed E-state index contributed by atoms with van der Waals surface area (Å²) in [6, 6.07) is 16.5. The first-order valence-electron chi connectivity index (χ1n) is 14.6. The topological polar surface area (TPSA) is 96.0 Å². The van der Waals surface area contributed by atoms with Gasteiger partial charge in [-0.1, -0.05) is 72.8 Å². The number of rotatable bonds is 13. The van der Waals surface area contributed by atoms with Crippen molar-refractivity contribution in [1.29, 1.82) is 0 Å². The van der Waals surface area contributed by atoms with Crippen molar-refractivity contribution < 1.29 is 22.7 Å². The van der Waals surface area contributed by atoms with E-state index >= 15 is 0 Å². The van der Waals surface area contributed by atoms with Crippen molar-refractivity contribution in [3.05, 3.63) is 87.4 Å². The predicted octanol–water partition coefficient (Wildman–Crippen LogP) is 7.11. The summed E-state index contributed by atoms with van der Waals surface area (Å²) in [6.45, 7) is 3.30. The fraction of sp³-hybridized carbons (Fsp3) is 0.375. The quantitative estimate of drug-likeness (QED) is 0.208. The highest BCUT2D eigenvalue weighted by Gasteiger charge is 2.35. The average Bonchev–Trinajstić information content (AvgIpc) is 3.51. The van der Waals surface area contributed by atoms with Crippen molar-refractivity contribution >= 4 is 62.3 Å². The lowest BCUT2D eigenvalue weighted by atomic mass is 10.1. The molecule has 0 unspecified atom stereocenters. The van der Waals surface area contributed by atoms with Gasteiger partial charge in [0.05, 0.1) is 27.2 Å². The van der Waals surface area contributed by atoms with Crippen molar-refractivity contribution in [3.8, 4) is 5.75 Å². The summed E-state index contributed by atoms with van der Waals surface area (Å²) in [6.07, 6.45) is 4.13. The van der Waals surface area contributed by atoms with Crippen LogP contribution in [0.5, 0.6) is 5.75 Å². The minimum absolute atomic E-state index is 0.00819. The Kier molecular flexibility index (Phi) is 11.8. The van der Waals surface area contributed by atoms with Gasteiger partial charge in [0, 0.05) is 17.6 Å². The second-order valence-electron chi connectivity index (χ2n) is 10.6. The number of anilines is 1. The number of hydrogen-bond acceptors (Lipinski definition) is 5. The Morgan fingerprint density at radius 2 is 1.64 bits per heavy atom. The Labute approximate surface area is 274 Å². The SMILES string of the molecule is CCOc1ccccc1N(CC(=O)N(Cc1ccc(Cl)c(Cl)c1)[C@@H](CC)C(=O)NC1CCCC1)S(=O)(=O)c1ccc(Cl)cc1. The molecule has 1 aliphatic rings. The van der Waals surface area contributed by atoms with E-state index in [0.29, 0.717) is 32.8 Å². The Morgan fingerprint density at radius 3 is 2.27 bits per heavy atom. The van der Waals surface area contributed by atoms with E-state index in [0.717, 1.165) is 30.0 Å². The smallest absolute Gasteiger partial charge is 0.264 e. The highest BCUT2D eigenvalue weighted by Crippen LogP contribution is 2.33. The van der Waals surface area contributed by atoms with Gasteiger partial charge in [-0.15, -0.1) is 0 Å². The molecule has 44 heavy (non-hydrogen) atoms. The largest absolute Gasteiger partial charge is 0.492 e. The van der Waals surface area contributed by atoms with Gasteiger partial charge in [0.2, 0.25) is 11.8 Å². The molecule has 0 aromatic heterocycles. The van der Waals surface area contributed by atoms with E-state index in [-0.39, 0.29) is 35.7 Å². The summed E-state index contributed by atoms with van der Waals surface area (Å²) in [7, 11) is -4.29. The lowest BCUT2D eigenvalue weighted by Gasteiger charge is -2.34. The Hall–Kier alpha value is -2.98. The van der Waals surface area contributed by atoms with Crippen LogP contribution >= 0.6 is 34.8 Å². The number of carbonyl (C=O) groups is 2. The fourth-order valence-electron chi connectivity index (χ4n) is 5.31. The number of nitrogens with zero attached hydrogens (tertiary/aromatic N) is 2. The zero-order valence-corrected chi connectivity index (χ0v) is 27.7. The van der Waals surface area contributed by atoms with Crippen molar-refractivity contribution in [2.45, 2.75) is 69.5 Å². The van der Waals surface area contributed by atoms with E-state index in [9.17, 15) is 18.0 Å². The van der Waals surface area contributed by atoms with Crippen molar-refractivity contribution in [3.63, 3.8) is 0 Å². The molecule has 0 saturated heterocycles. The summed E-state index contributed by atoms with van der Waals surface area (Å²) in [5.41, 5.74) is 0.831. The maximum absolute atomic E-state index is 14.3. The number of hydrogen-bond donors (Lipinski definition) is 1. The van der Waals surface area contributed by atoms with Crippen LogP contribution in [0.25, 0.3) is 0 Å². The van der Waals surface area contributed by atoms with E-state index in [1.54, 1.807) is 49.4 Å². The summed E-state index contributed by atoms with van der Waals surface area (Å²) in [4.78, 5) is 29.3. The van der Waals surface area contributed by atoms with E-state index < -0.39 is 28.5 Å². The number of halogens is 3. The minimum atomic E-state index is -4.29. The maximum atomic E-state index is 14.3. The van der Waals surface area contributed by atoms with Gasteiger partial charge in [-0.2, -0.15) is 0 Å². The number of nitrogens with one attached hydrogen (secondary N) is 1. The second kappa shape index (κ2) is 15.3. The summed E-state index contributed by atoms with van der Waals surface area (Å²) in [5, 5.41) is 4.13. The van der Waals surface area contributed by atoms with Crippen LogP contribution in [0.2, 0.25) is 15.1 Å². The number of sulfonamides is 1. The molecule has 4 rings (SSSR count). The molecule has 1 atom stereocenters.